The van der Waals surface area contributed by atoms with Crippen LogP contribution in [0.1, 0.15) is 0 Å². The highest BCUT2D eigenvalue weighted by Crippen LogP contribution is 2.29. The van der Waals surface area contributed by atoms with Gasteiger partial charge in [0.25, 0.3) is 0 Å². The first-order chi connectivity index (χ1) is 14.1. The van der Waals surface area contributed by atoms with E-state index in [1.54, 1.807) is 30.3 Å². The number of benzene rings is 3. The van der Waals surface area contributed by atoms with Gasteiger partial charge in [0.15, 0.2) is 0 Å². The minimum absolute atomic E-state index is 0.0516. The molecule has 2 N–H and O–H groups in total. The summed E-state index contributed by atoms with van der Waals surface area (Å²) in [6, 6.07) is 21.9. The second-order valence-corrected chi connectivity index (χ2v) is 6.83. The molecule has 150 valence electrons. The number of hydrogen-bond donors (Lipinski definition) is 2. The summed E-state index contributed by atoms with van der Waals surface area (Å²) in [4.78, 5) is 12.2. The zero-order chi connectivity index (χ0) is 20.5. The summed E-state index contributed by atoms with van der Waals surface area (Å²) >= 11 is 12.1. The number of rotatable bonds is 9. The number of nitrogens with one attached hydrogen (secondary N) is 2. The van der Waals surface area contributed by atoms with E-state index in [1.807, 2.05) is 42.5 Å². The lowest BCUT2D eigenvalue weighted by Crippen LogP contribution is -2.21. The van der Waals surface area contributed by atoms with Crippen LogP contribution in [0.4, 0.5) is 11.4 Å². The minimum atomic E-state index is -0.217. The van der Waals surface area contributed by atoms with Gasteiger partial charge < -0.3 is 20.1 Å². The van der Waals surface area contributed by atoms with Crippen LogP contribution in [0.15, 0.2) is 72.8 Å². The van der Waals surface area contributed by atoms with Crippen LogP contribution in [-0.2, 0) is 4.79 Å². The minimum Gasteiger partial charge on any atom is -0.490 e. The first-order valence-corrected chi connectivity index (χ1v) is 9.76. The molecule has 0 atom stereocenters. The summed E-state index contributed by atoms with van der Waals surface area (Å²) in [5, 5.41) is 6.60. The molecule has 1 amide bonds. The van der Waals surface area contributed by atoms with Crippen molar-refractivity contribution in [3.05, 3.63) is 82.8 Å². The van der Waals surface area contributed by atoms with Crippen molar-refractivity contribution in [1.29, 1.82) is 0 Å². The quantitative estimate of drug-likeness (QED) is 0.439. The Hall–Kier alpha value is -2.89. The molecular weight excluding hydrogens is 411 g/mol. The Balaban J connectivity index is 1.45. The monoisotopic (exact) mass is 430 g/mol. The topological polar surface area (TPSA) is 59.6 Å². The van der Waals surface area contributed by atoms with Crippen LogP contribution >= 0.6 is 23.2 Å². The highest BCUT2D eigenvalue weighted by atomic mass is 35.5. The molecule has 0 saturated heterocycles. The normalized spacial score (nSPS) is 10.3. The van der Waals surface area contributed by atoms with Crippen molar-refractivity contribution in [2.75, 3.05) is 30.4 Å². The number of amides is 1. The molecule has 0 spiro atoms. The molecule has 0 saturated carbocycles. The lowest BCUT2D eigenvalue weighted by Gasteiger charge is -2.11. The van der Waals surface area contributed by atoms with Crippen LogP contribution in [0.25, 0.3) is 0 Å². The van der Waals surface area contributed by atoms with Crippen molar-refractivity contribution in [3.63, 3.8) is 0 Å². The Kier molecular flexibility index (Phi) is 7.61. The third-order valence-electron chi connectivity index (χ3n) is 3.87. The lowest BCUT2D eigenvalue weighted by molar-refractivity contribution is -0.114. The Bertz CT molecular complexity index is 952. The van der Waals surface area contributed by atoms with Gasteiger partial charge in [-0.3, -0.25) is 4.79 Å². The maximum Gasteiger partial charge on any atom is 0.243 e. The van der Waals surface area contributed by atoms with E-state index in [9.17, 15) is 4.79 Å². The van der Waals surface area contributed by atoms with E-state index in [0.29, 0.717) is 40.4 Å². The van der Waals surface area contributed by atoms with Gasteiger partial charge in [0.1, 0.15) is 24.7 Å². The number of carbonyl (C=O) groups is 1. The molecule has 0 aliphatic rings. The fourth-order valence-electron chi connectivity index (χ4n) is 2.52. The van der Waals surface area contributed by atoms with Crippen LogP contribution < -0.4 is 20.1 Å². The number of carbonyl (C=O) groups excluding carboxylic acids is 1. The summed E-state index contributed by atoms with van der Waals surface area (Å²) < 4.78 is 11.3. The van der Waals surface area contributed by atoms with Gasteiger partial charge in [-0.25, -0.2) is 0 Å². The summed E-state index contributed by atoms with van der Waals surface area (Å²) in [5.41, 5.74) is 1.24. The van der Waals surface area contributed by atoms with Crippen LogP contribution in [0.2, 0.25) is 10.0 Å². The molecule has 0 aliphatic carbocycles. The Labute approximate surface area is 179 Å². The predicted octanol–water partition coefficient (Wildman–Crippen LogP) is 5.50. The van der Waals surface area contributed by atoms with Crippen molar-refractivity contribution < 1.29 is 14.3 Å². The molecule has 5 nitrogen and oxygen atoms in total. The number of para-hydroxylation sites is 1. The highest BCUT2D eigenvalue weighted by Gasteiger charge is 2.07. The van der Waals surface area contributed by atoms with Gasteiger partial charge in [0.2, 0.25) is 5.91 Å². The van der Waals surface area contributed by atoms with E-state index in [0.717, 1.165) is 5.75 Å². The van der Waals surface area contributed by atoms with E-state index in [4.69, 9.17) is 32.7 Å². The first-order valence-electron chi connectivity index (χ1n) is 9.00. The van der Waals surface area contributed by atoms with Gasteiger partial charge in [-0.15, -0.1) is 0 Å². The molecule has 7 heteroatoms. The van der Waals surface area contributed by atoms with Crippen molar-refractivity contribution in [2.45, 2.75) is 0 Å². The van der Waals surface area contributed by atoms with Gasteiger partial charge >= 0.3 is 0 Å². The molecule has 3 aromatic rings. The number of anilines is 2. The molecule has 0 aromatic heterocycles. The van der Waals surface area contributed by atoms with E-state index < -0.39 is 0 Å². The number of hydrogen-bond acceptors (Lipinski definition) is 4. The van der Waals surface area contributed by atoms with Crippen molar-refractivity contribution in [1.82, 2.24) is 0 Å². The van der Waals surface area contributed by atoms with Gasteiger partial charge in [-0.05, 0) is 36.4 Å². The smallest absolute Gasteiger partial charge is 0.243 e. The zero-order valence-corrected chi connectivity index (χ0v) is 17.0. The second-order valence-electron chi connectivity index (χ2n) is 6.04. The fourth-order valence-corrected chi connectivity index (χ4v) is 2.89. The van der Waals surface area contributed by atoms with Gasteiger partial charge in [0.05, 0.1) is 22.3 Å². The van der Waals surface area contributed by atoms with E-state index in [2.05, 4.69) is 10.6 Å². The maximum atomic E-state index is 12.2. The Morgan fingerprint density at radius 2 is 1.52 bits per heavy atom. The van der Waals surface area contributed by atoms with Gasteiger partial charge in [-0.2, -0.15) is 0 Å². The van der Waals surface area contributed by atoms with Crippen LogP contribution in [0, 0.1) is 0 Å². The Morgan fingerprint density at radius 3 is 2.31 bits per heavy atom. The largest absolute Gasteiger partial charge is 0.490 e. The molecule has 29 heavy (non-hydrogen) atoms. The highest BCUT2D eigenvalue weighted by molar-refractivity contribution is 6.43. The summed E-state index contributed by atoms with van der Waals surface area (Å²) in [6.45, 7) is 0.863. The molecule has 0 bridgehead atoms. The molecule has 0 fully saturated rings. The maximum absolute atomic E-state index is 12.2. The molecule has 0 radical (unpaired) electrons. The van der Waals surface area contributed by atoms with Crippen molar-refractivity contribution in [3.8, 4) is 11.5 Å². The fraction of sp³-hybridized carbons (Fsp3) is 0.136. The number of halogens is 2. The lowest BCUT2D eigenvalue weighted by atomic mass is 10.3. The van der Waals surface area contributed by atoms with Crippen LogP contribution in [-0.4, -0.2) is 25.7 Å². The first kappa shape index (κ1) is 20.8. The zero-order valence-electron chi connectivity index (χ0n) is 15.5. The van der Waals surface area contributed by atoms with E-state index in [1.165, 1.54) is 0 Å². The summed E-state index contributed by atoms with van der Waals surface area (Å²) in [5.74, 6) is 1.22. The van der Waals surface area contributed by atoms with E-state index >= 15 is 0 Å². The number of ether oxygens (including phenoxy) is 2. The second kappa shape index (κ2) is 10.6. The Morgan fingerprint density at radius 1 is 0.828 bits per heavy atom. The van der Waals surface area contributed by atoms with Crippen molar-refractivity contribution in [2.24, 2.45) is 0 Å². The van der Waals surface area contributed by atoms with Crippen molar-refractivity contribution >= 4 is 40.5 Å². The average Bonchev–Trinajstić information content (AvgIpc) is 2.73. The van der Waals surface area contributed by atoms with Gasteiger partial charge in [-0.1, -0.05) is 53.5 Å². The van der Waals surface area contributed by atoms with Crippen LogP contribution in [0.3, 0.4) is 0 Å². The predicted molar refractivity (Wildman–Crippen MR) is 117 cm³/mol. The third kappa shape index (κ3) is 6.59. The molecule has 3 rings (SSSR count). The van der Waals surface area contributed by atoms with Crippen LogP contribution in [0.5, 0.6) is 11.5 Å². The third-order valence-corrected chi connectivity index (χ3v) is 4.69. The summed E-state index contributed by atoms with van der Waals surface area (Å²) in [7, 11) is 0. The SMILES string of the molecule is O=C(CNc1cccc(Cl)c1Cl)Nc1cccc(OCCOc2ccccc2)c1. The van der Waals surface area contributed by atoms with Gasteiger partial charge in [0, 0.05) is 11.8 Å². The standard InChI is InChI=1S/C22H20Cl2N2O3/c23-19-10-5-11-20(22(19)24)25-15-21(27)26-16-6-4-9-18(14-16)29-13-12-28-17-7-2-1-3-8-17/h1-11,14,25H,12-13,15H2,(H,26,27). The molecule has 0 aliphatic heterocycles. The molecule has 0 heterocycles. The average molecular weight is 431 g/mol. The van der Waals surface area contributed by atoms with E-state index in [-0.39, 0.29) is 12.5 Å². The molecule has 3 aromatic carbocycles. The summed E-state index contributed by atoms with van der Waals surface area (Å²) in [6.07, 6.45) is 0. The molecule has 0 unspecified atom stereocenters. The molecular formula is C22H20Cl2N2O3.